The van der Waals surface area contributed by atoms with Crippen molar-refractivity contribution in [1.29, 1.82) is 0 Å². The summed E-state index contributed by atoms with van der Waals surface area (Å²) in [4.78, 5) is 25.2. The number of ether oxygens (including phenoxy) is 1. The monoisotopic (exact) mass is 293 g/mol. The quantitative estimate of drug-likeness (QED) is 0.708. The van der Waals surface area contributed by atoms with E-state index in [0.29, 0.717) is 30.2 Å². The van der Waals surface area contributed by atoms with Crippen LogP contribution in [0.5, 0.6) is 5.75 Å². The highest BCUT2D eigenvalue weighted by molar-refractivity contribution is 6.00. The number of carbonyl (C=O) groups is 2. The summed E-state index contributed by atoms with van der Waals surface area (Å²) in [6, 6.07) is 5.00. The molecular weight excluding hydrogens is 270 g/mol. The number of nitrogen functional groups attached to an aromatic ring is 1. The molecule has 1 aromatic rings. The van der Waals surface area contributed by atoms with Crippen molar-refractivity contribution < 1.29 is 14.3 Å². The largest absolute Gasteiger partial charge is 0.491 e. The van der Waals surface area contributed by atoms with Crippen molar-refractivity contribution in [2.24, 2.45) is 5.73 Å². The molecule has 6 heteroatoms. The topological polar surface area (TPSA) is 98.7 Å². The molecule has 0 aliphatic carbocycles. The van der Waals surface area contributed by atoms with Gasteiger partial charge in [0.2, 0.25) is 5.91 Å². The molecule has 0 unspecified atom stereocenters. The Morgan fingerprint density at radius 3 is 2.57 bits per heavy atom. The summed E-state index contributed by atoms with van der Waals surface area (Å²) in [7, 11) is 0. The van der Waals surface area contributed by atoms with Crippen LogP contribution in [0.1, 0.15) is 37.0 Å². The van der Waals surface area contributed by atoms with Crippen LogP contribution in [-0.4, -0.2) is 36.4 Å². The van der Waals surface area contributed by atoms with E-state index in [2.05, 4.69) is 0 Å². The summed E-state index contributed by atoms with van der Waals surface area (Å²) < 4.78 is 5.46. The molecule has 0 saturated carbocycles. The minimum atomic E-state index is -0.540. The Morgan fingerprint density at radius 2 is 2.00 bits per heavy atom. The van der Waals surface area contributed by atoms with Crippen LogP contribution in [0, 0.1) is 0 Å². The van der Waals surface area contributed by atoms with E-state index in [1.807, 2.05) is 13.8 Å². The molecule has 1 aromatic carbocycles. The third-order valence-corrected chi connectivity index (χ3v) is 2.98. The van der Waals surface area contributed by atoms with Gasteiger partial charge in [0.05, 0.1) is 24.4 Å². The van der Waals surface area contributed by atoms with E-state index < -0.39 is 5.91 Å². The molecule has 0 spiro atoms. The Bertz CT molecular complexity index is 503. The first kappa shape index (κ1) is 16.8. The third-order valence-electron chi connectivity index (χ3n) is 2.98. The minimum absolute atomic E-state index is 0.112. The van der Waals surface area contributed by atoms with Gasteiger partial charge in [0.15, 0.2) is 5.75 Å². The van der Waals surface area contributed by atoms with Gasteiger partial charge in [-0.1, -0.05) is 19.4 Å². The number of benzene rings is 1. The van der Waals surface area contributed by atoms with Crippen LogP contribution in [0.15, 0.2) is 18.2 Å². The maximum absolute atomic E-state index is 12.6. The molecule has 0 radical (unpaired) electrons. The van der Waals surface area contributed by atoms with E-state index in [0.717, 1.165) is 12.8 Å². The molecule has 4 N–H and O–H groups in total. The Hall–Kier alpha value is -2.24. The van der Waals surface area contributed by atoms with Crippen LogP contribution < -0.4 is 16.2 Å². The number of nitrogens with zero attached hydrogens (tertiary/aromatic N) is 1. The fourth-order valence-corrected chi connectivity index (χ4v) is 1.99. The minimum Gasteiger partial charge on any atom is -0.491 e. The molecule has 116 valence electrons. The van der Waals surface area contributed by atoms with Crippen LogP contribution in [0.2, 0.25) is 0 Å². The van der Waals surface area contributed by atoms with E-state index in [1.165, 1.54) is 4.90 Å². The van der Waals surface area contributed by atoms with Crippen LogP contribution >= 0.6 is 0 Å². The van der Waals surface area contributed by atoms with Gasteiger partial charge >= 0.3 is 0 Å². The van der Waals surface area contributed by atoms with Crippen LogP contribution in [0.3, 0.4) is 0 Å². The number of unbranched alkanes of at least 4 members (excludes halogenated alkanes) is 1. The predicted molar refractivity (Wildman–Crippen MR) is 82.0 cm³/mol. The lowest BCUT2D eigenvalue weighted by molar-refractivity contribution is -0.118. The third kappa shape index (κ3) is 4.66. The highest BCUT2D eigenvalue weighted by Gasteiger charge is 2.22. The number of nitrogens with two attached hydrogens (primary N) is 2. The molecule has 6 nitrogen and oxygen atoms in total. The van der Waals surface area contributed by atoms with Crippen LogP contribution in [-0.2, 0) is 4.79 Å². The molecule has 0 bridgehead atoms. The SMILES string of the molecule is CCCCN(CC(N)=O)C(=O)c1cccc(N)c1OCC. The molecule has 0 heterocycles. The van der Waals surface area contributed by atoms with Gasteiger partial charge in [-0.2, -0.15) is 0 Å². The van der Waals surface area contributed by atoms with Gasteiger partial charge in [0.25, 0.3) is 5.91 Å². The van der Waals surface area contributed by atoms with E-state index >= 15 is 0 Å². The highest BCUT2D eigenvalue weighted by atomic mass is 16.5. The lowest BCUT2D eigenvalue weighted by Crippen LogP contribution is -2.39. The van der Waals surface area contributed by atoms with Gasteiger partial charge in [0, 0.05) is 6.54 Å². The molecule has 0 fully saturated rings. The average molecular weight is 293 g/mol. The van der Waals surface area contributed by atoms with Crippen molar-refractivity contribution in [2.75, 3.05) is 25.4 Å². The van der Waals surface area contributed by atoms with Crippen molar-refractivity contribution in [1.82, 2.24) is 4.90 Å². The van der Waals surface area contributed by atoms with Gasteiger partial charge in [-0.25, -0.2) is 0 Å². The number of amides is 2. The second kappa shape index (κ2) is 8.14. The number of para-hydroxylation sites is 1. The zero-order valence-electron chi connectivity index (χ0n) is 12.6. The number of primary amides is 1. The maximum atomic E-state index is 12.6. The van der Waals surface area contributed by atoms with E-state index in [9.17, 15) is 9.59 Å². The van der Waals surface area contributed by atoms with Gasteiger partial charge in [-0.15, -0.1) is 0 Å². The number of anilines is 1. The highest BCUT2D eigenvalue weighted by Crippen LogP contribution is 2.27. The fraction of sp³-hybridized carbons (Fsp3) is 0.467. The van der Waals surface area contributed by atoms with Gasteiger partial charge in [0.1, 0.15) is 0 Å². The molecule has 21 heavy (non-hydrogen) atoms. The molecule has 0 aliphatic heterocycles. The lowest BCUT2D eigenvalue weighted by Gasteiger charge is -2.22. The van der Waals surface area contributed by atoms with Gasteiger partial charge < -0.3 is 21.1 Å². The first-order valence-corrected chi connectivity index (χ1v) is 7.10. The van der Waals surface area contributed by atoms with Crippen LogP contribution in [0.4, 0.5) is 5.69 Å². The Kier molecular flexibility index (Phi) is 6.52. The summed E-state index contributed by atoms with van der Waals surface area (Å²) in [5.74, 6) is -0.477. The second-order valence-electron chi connectivity index (χ2n) is 4.70. The van der Waals surface area contributed by atoms with Crippen molar-refractivity contribution >= 4 is 17.5 Å². The molecule has 2 amide bonds. The average Bonchev–Trinajstić information content (AvgIpc) is 2.44. The van der Waals surface area contributed by atoms with Gasteiger partial charge in [-0.3, -0.25) is 9.59 Å². The molecular formula is C15H23N3O3. The molecule has 1 rings (SSSR count). The fourth-order valence-electron chi connectivity index (χ4n) is 1.99. The first-order chi connectivity index (χ1) is 10.0. The Morgan fingerprint density at radius 1 is 1.29 bits per heavy atom. The lowest BCUT2D eigenvalue weighted by atomic mass is 10.1. The smallest absolute Gasteiger partial charge is 0.258 e. The zero-order chi connectivity index (χ0) is 15.8. The number of hydrogen-bond donors (Lipinski definition) is 2. The van der Waals surface area contributed by atoms with E-state index in [1.54, 1.807) is 18.2 Å². The molecule has 0 saturated heterocycles. The maximum Gasteiger partial charge on any atom is 0.258 e. The van der Waals surface area contributed by atoms with Crippen molar-refractivity contribution in [3.05, 3.63) is 23.8 Å². The number of carbonyl (C=O) groups excluding carboxylic acids is 2. The van der Waals surface area contributed by atoms with Crippen LogP contribution in [0.25, 0.3) is 0 Å². The van der Waals surface area contributed by atoms with Crippen molar-refractivity contribution in [2.45, 2.75) is 26.7 Å². The van der Waals surface area contributed by atoms with E-state index in [4.69, 9.17) is 16.2 Å². The second-order valence-corrected chi connectivity index (χ2v) is 4.70. The van der Waals surface area contributed by atoms with E-state index in [-0.39, 0.29) is 12.5 Å². The summed E-state index contributed by atoms with van der Waals surface area (Å²) >= 11 is 0. The standard InChI is InChI=1S/C15H23N3O3/c1-3-5-9-18(10-13(17)19)15(20)11-7-6-8-12(16)14(11)21-4-2/h6-8H,3-5,9-10,16H2,1-2H3,(H2,17,19). The van der Waals surface area contributed by atoms with Crippen molar-refractivity contribution in [3.63, 3.8) is 0 Å². The zero-order valence-corrected chi connectivity index (χ0v) is 12.6. The molecule has 0 aromatic heterocycles. The van der Waals surface area contributed by atoms with Gasteiger partial charge in [-0.05, 0) is 25.5 Å². The Labute approximate surface area is 125 Å². The number of rotatable bonds is 8. The molecule has 0 atom stereocenters. The summed E-state index contributed by atoms with van der Waals surface area (Å²) in [6.07, 6.45) is 1.71. The first-order valence-electron chi connectivity index (χ1n) is 7.10. The summed E-state index contributed by atoms with van der Waals surface area (Å²) in [5, 5.41) is 0. The molecule has 0 aliphatic rings. The predicted octanol–water partition coefficient (Wildman–Crippen LogP) is 1.40. The number of hydrogen-bond acceptors (Lipinski definition) is 4. The van der Waals surface area contributed by atoms with Crippen molar-refractivity contribution in [3.8, 4) is 5.75 Å². The normalized spacial score (nSPS) is 10.2. The summed E-state index contributed by atoms with van der Waals surface area (Å²) in [6.45, 7) is 4.59. The Balaban J connectivity index is 3.07. The summed E-state index contributed by atoms with van der Waals surface area (Å²) in [5.41, 5.74) is 11.8.